The van der Waals surface area contributed by atoms with Gasteiger partial charge in [-0.1, -0.05) is 57.0 Å². The van der Waals surface area contributed by atoms with Crippen LogP contribution in [0.5, 0.6) is 0 Å². The maximum Gasteiger partial charge on any atom is 0.00315 e. The summed E-state index contributed by atoms with van der Waals surface area (Å²) in [5.74, 6) is 0. The Bertz CT molecular complexity index is 136. The predicted molar refractivity (Wildman–Crippen MR) is 65.5 cm³/mol. The van der Waals surface area contributed by atoms with Crippen LogP contribution in [0.4, 0.5) is 0 Å². The van der Waals surface area contributed by atoms with Gasteiger partial charge in [-0.3, -0.25) is 0 Å². The number of hydrogen-bond acceptors (Lipinski definition) is 0. The lowest BCUT2D eigenvalue weighted by Crippen LogP contribution is -2.22. The maximum absolute atomic E-state index is 3.50. The van der Waals surface area contributed by atoms with Crippen molar-refractivity contribution in [2.24, 2.45) is 10.8 Å². The highest BCUT2D eigenvalue weighted by atomic mass is 79.9. The third kappa shape index (κ3) is 6.54. The van der Waals surface area contributed by atoms with Gasteiger partial charge in [-0.25, -0.2) is 0 Å². The average molecular weight is 249 g/mol. The molecule has 0 heterocycles. The molecule has 0 aliphatic heterocycles. The van der Waals surface area contributed by atoms with Crippen LogP contribution in [-0.2, 0) is 0 Å². The third-order valence-corrected chi connectivity index (χ3v) is 3.46. The van der Waals surface area contributed by atoms with Gasteiger partial charge in [0.05, 0.1) is 0 Å². The summed E-state index contributed by atoms with van der Waals surface area (Å²) in [4.78, 5) is 0. The minimum absolute atomic E-state index is 0.507. The number of rotatable bonds is 6. The van der Waals surface area contributed by atoms with E-state index in [4.69, 9.17) is 0 Å². The fraction of sp³-hybridized carbons (Fsp3) is 1.00. The van der Waals surface area contributed by atoms with Gasteiger partial charge in [0, 0.05) is 5.33 Å². The van der Waals surface area contributed by atoms with Crippen molar-refractivity contribution >= 4 is 15.9 Å². The van der Waals surface area contributed by atoms with Crippen molar-refractivity contribution in [3.8, 4) is 0 Å². The van der Waals surface area contributed by atoms with Gasteiger partial charge in [-0.05, 0) is 30.1 Å². The van der Waals surface area contributed by atoms with Crippen LogP contribution in [0.3, 0.4) is 0 Å². The minimum Gasteiger partial charge on any atom is -0.0928 e. The van der Waals surface area contributed by atoms with Gasteiger partial charge in [0.15, 0.2) is 0 Å². The lowest BCUT2D eigenvalue weighted by molar-refractivity contribution is 0.176. The maximum atomic E-state index is 3.50. The number of hydrogen-bond donors (Lipinski definition) is 0. The second-order valence-corrected chi connectivity index (χ2v) is 6.44. The molecule has 0 N–H and O–H groups in total. The van der Waals surface area contributed by atoms with E-state index in [1.54, 1.807) is 0 Å². The zero-order chi connectivity index (χ0) is 10.5. The molecule has 0 aromatic heterocycles. The summed E-state index contributed by atoms with van der Waals surface area (Å²) in [5, 5.41) is 1.14. The molecule has 0 aliphatic rings. The summed E-state index contributed by atoms with van der Waals surface area (Å²) in [7, 11) is 0. The standard InChI is InChI=1S/C12H25Br/c1-6-11(2,3)10-12(4,5)8-7-9-13/h6-10H2,1-5H3. The van der Waals surface area contributed by atoms with Crippen LogP contribution in [0.15, 0.2) is 0 Å². The quantitative estimate of drug-likeness (QED) is 0.580. The summed E-state index contributed by atoms with van der Waals surface area (Å²) in [6.45, 7) is 11.8. The summed E-state index contributed by atoms with van der Waals surface area (Å²) >= 11 is 3.50. The first-order valence-corrected chi connectivity index (χ1v) is 6.51. The molecule has 0 rings (SSSR count). The summed E-state index contributed by atoms with van der Waals surface area (Å²) in [6.07, 6.45) is 5.25. The zero-order valence-corrected chi connectivity index (χ0v) is 11.5. The van der Waals surface area contributed by atoms with Crippen molar-refractivity contribution in [2.75, 3.05) is 5.33 Å². The molecule has 0 amide bonds. The Morgan fingerprint density at radius 2 is 1.54 bits per heavy atom. The van der Waals surface area contributed by atoms with Crippen molar-refractivity contribution < 1.29 is 0 Å². The first kappa shape index (κ1) is 13.5. The molecule has 0 radical (unpaired) electrons. The van der Waals surface area contributed by atoms with Crippen molar-refractivity contribution in [1.82, 2.24) is 0 Å². The van der Waals surface area contributed by atoms with E-state index in [1.165, 1.54) is 25.7 Å². The largest absolute Gasteiger partial charge is 0.0928 e. The van der Waals surface area contributed by atoms with Gasteiger partial charge in [-0.2, -0.15) is 0 Å². The van der Waals surface area contributed by atoms with E-state index in [0.29, 0.717) is 10.8 Å². The van der Waals surface area contributed by atoms with E-state index < -0.39 is 0 Å². The summed E-state index contributed by atoms with van der Waals surface area (Å²) in [5.41, 5.74) is 1.02. The SMILES string of the molecule is CCC(C)(C)CC(C)(C)CCCBr. The zero-order valence-electron chi connectivity index (χ0n) is 9.91. The summed E-state index contributed by atoms with van der Waals surface area (Å²) in [6, 6.07) is 0. The smallest absolute Gasteiger partial charge is 0.00315 e. The average Bonchev–Trinajstić information content (AvgIpc) is 1.99. The van der Waals surface area contributed by atoms with Crippen molar-refractivity contribution in [1.29, 1.82) is 0 Å². The van der Waals surface area contributed by atoms with Gasteiger partial charge < -0.3 is 0 Å². The van der Waals surface area contributed by atoms with Crippen molar-refractivity contribution in [3.05, 3.63) is 0 Å². The van der Waals surface area contributed by atoms with Gasteiger partial charge in [0.2, 0.25) is 0 Å². The normalized spacial score (nSPS) is 13.4. The highest BCUT2D eigenvalue weighted by Gasteiger charge is 2.26. The van der Waals surface area contributed by atoms with Crippen LogP contribution in [0.25, 0.3) is 0 Å². The molecular formula is C12H25Br. The Morgan fingerprint density at radius 1 is 1.00 bits per heavy atom. The molecule has 0 atom stereocenters. The van der Waals surface area contributed by atoms with Gasteiger partial charge in [0.1, 0.15) is 0 Å². The van der Waals surface area contributed by atoms with Gasteiger partial charge >= 0.3 is 0 Å². The molecule has 0 saturated heterocycles. The topological polar surface area (TPSA) is 0 Å². The van der Waals surface area contributed by atoms with Crippen LogP contribution in [0.1, 0.15) is 60.3 Å². The Hall–Kier alpha value is 0.480. The van der Waals surface area contributed by atoms with Crippen LogP contribution in [-0.4, -0.2) is 5.33 Å². The molecule has 0 saturated carbocycles. The third-order valence-electron chi connectivity index (χ3n) is 2.90. The van der Waals surface area contributed by atoms with Crippen molar-refractivity contribution in [3.63, 3.8) is 0 Å². The molecule has 0 spiro atoms. The lowest BCUT2D eigenvalue weighted by Gasteiger charge is -2.34. The molecule has 0 unspecified atom stereocenters. The first-order chi connectivity index (χ1) is 5.83. The Balaban J connectivity index is 4.00. The molecular weight excluding hydrogens is 224 g/mol. The van der Waals surface area contributed by atoms with Crippen molar-refractivity contribution in [2.45, 2.75) is 60.3 Å². The Labute approximate surface area is 92.6 Å². The second kappa shape index (κ2) is 5.38. The Morgan fingerprint density at radius 3 is 1.92 bits per heavy atom. The highest BCUT2D eigenvalue weighted by molar-refractivity contribution is 9.09. The molecule has 0 aromatic carbocycles. The van der Waals surface area contributed by atoms with Gasteiger partial charge in [-0.15, -0.1) is 0 Å². The van der Waals surface area contributed by atoms with Gasteiger partial charge in [0.25, 0.3) is 0 Å². The monoisotopic (exact) mass is 248 g/mol. The molecule has 80 valence electrons. The highest BCUT2D eigenvalue weighted by Crippen LogP contribution is 2.38. The second-order valence-electron chi connectivity index (χ2n) is 5.65. The number of alkyl halides is 1. The van der Waals surface area contributed by atoms with E-state index in [1.807, 2.05) is 0 Å². The number of halogens is 1. The Kier molecular flexibility index (Phi) is 5.58. The van der Waals surface area contributed by atoms with Crippen LogP contribution in [0.2, 0.25) is 0 Å². The van der Waals surface area contributed by atoms with Crippen LogP contribution in [0, 0.1) is 10.8 Å². The van der Waals surface area contributed by atoms with E-state index in [0.717, 1.165) is 5.33 Å². The van der Waals surface area contributed by atoms with Crippen LogP contribution >= 0.6 is 15.9 Å². The molecule has 1 heteroatoms. The molecule has 0 aliphatic carbocycles. The fourth-order valence-electron chi connectivity index (χ4n) is 2.05. The lowest BCUT2D eigenvalue weighted by atomic mass is 9.72. The van der Waals surface area contributed by atoms with E-state index in [2.05, 4.69) is 50.5 Å². The van der Waals surface area contributed by atoms with E-state index >= 15 is 0 Å². The molecule has 13 heavy (non-hydrogen) atoms. The molecule has 0 bridgehead atoms. The predicted octanol–water partition coefficient (Wildman–Crippen LogP) is 5.01. The minimum atomic E-state index is 0.507. The molecule has 0 aromatic rings. The molecule has 0 fully saturated rings. The van der Waals surface area contributed by atoms with E-state index in [-0.39, 0.29) is 0 Å². The van der Waals surface area contributed by atoms with Crippen LogP contribution < -0.4 is 0 Å². The fourth-order valence-corrected chi connectivity index (χ4v) is 2.33. The van der Waals surface area contributed by atoms with E-state index in [9.17, 15) is 0 Å². The summed E-state index contributed by atoms with van der Waals surface area (Å²) < 4.78 is 0. The molecule has 0 nitrogen and oxygen atoms in total. The first-order valence-electron chi connectivity index (χ1n) is 5.39.